The lowest BCUT2D eigenvalue weighted by molar-refractivity contribution is 0.0953. The smallest absolute Gasteiger partial charge is 0.252 e. The molecule has 6 nitrogen and oxygen atoms in total. The van der Waals surface area contributed by atoms with Crippen molar-refractivity contribution in [1.29, 1.82) is 0 Å². The summed E-state index contributed by atoms with van der Waals surface area (Å²) < 4.78 is 1.79. The van der Waals surface area contributed by atoms with Crippen LogP contribution in [0.15, 0.2) is 48.8 Å². The third-order valence-electron chi connectivity index (χ3n) is 3.19. The van der Waals surface area contributed by atoms with Crippen LogP contribution >= 0.6 is 0 Å². The molecule has 0 aromatic carbocycles. The van der Waals surface area contributed by atoms with Crippen LogP contribution in [-0.4, -0.2) is 27.0 Å². The number of carbonyl (C=O) groups excluding carboxylic acids is 1. The number of amides is 1. The zero-order chi connectivity index (χ0) is 15.4. The van der Waals surface area contributed by atoms with Gasteiger partial charge in [0, 0.05) is 25.0 Å². The van der Waals surface area contributed by atoms with E-state index in [1.807, 2.05) is 37.4 Å². The maximum Gasteiger partial charge on any atom is 0.252 e. The van der Waals surface area contributed by atoms with Crippen molar-refractivity contribution in [3.63, 3.8) is 0 Å². The monoisotopic (exact) mass is 295 g/mol. The van der Waals surface area contributed by atoms with Crippen molar-refractivity contribution >= 4 is 23.1 Å². The van der Waals surface area contributed by atoms with Crippen molar-refractivity contribution in [1.82, 2.24) is 19.9 Å². The Kier molecular flexibility index (Phi) is 4.00. The highest BCUT2D eigenvalue weighted by Crippen LogP contribution is 2.15. The molecule has 0 aliphatic heterocycles. The van der Waals surface area contributed by atoms with E-state index in [2.05, 4.69) is 20.7 Å². The Balaban J connectivity index is 1.71. The molecule has 6 heteroatoms. The summed E-state index contributed by atoms with van der Waals surface area (Å²) in [5.41, 5.74) is 1.55. The van der Waals surface area contributed by atoms with Gasteiger partial charge in [-0.05, 0) is 30.7 Å². The van der Waals surface area contributed by atoms with Gasteiger partial charge in [-0.1, -0.05) is 13.0 Å². The lowest BCUT2D eigenvalue weighted by Gasteiger charge is -2.05. The number of rotatable bonds is 5. The molecule has 0 saturated heterocycles. The molecular formula is C16H17N5O. The van der Waals surface area contributed by atoms with Gasteiger partial charge in [-0.3, -0.25) is 4.79 Å². The minimum atomic E-state index is -0.103. The molecule has 0 spiro atoms. The van der Waals surface area contributed by atoms with Crippen molar-refractivity contribution < 1.29 is 4.79 Å². The standard InChI is InChI=1S/C16H17N5O/c1-2-8-17-16(22)12-6-7-14(18-11-12)19-15-10-13-5-3-4-9-21(13)20-15/h3-7,9-11H,2,8H2,1H3,(H,17,22)(H,18,19,20). The van der Waals surface area contributed by atoms with E-state index in [4.69, 9.17) is 0 Å². The SMILES string of the molecule is CCCNC(=O)c1ccc(Nc2cc3ccccn3n2)nc1. The Morgan fingerprint density at radius 3 is 2.86 bits per heavy atom. The number of nitrogens with zero attached hydrogens (tertiary/aromatic N) is 3. The van der Waals surface area contributed by atoms with Gasteiger partial charge >= 0.3 is 0 Å². The number of carbonyl (C=O) groups is 1. The zero-order valence-electron chi connectivity index (χ0n) is 12.3. The molecule has 1 amide bonds. The Morgan fingerprint density at radius 2 is 2.14 bits per heavy atom. The molecule has 3 aromatic rings. The number of anilines is 2. The normalized spacial score (nSPS) is 10.6. The second kappa shape index (κ2) is 6.26. The molecule has 0 aliphatic rings. The molecule has 0 atom stereocenters. The van der Waals surface area contributed by atoms with Crippen LogP contribution in [0.3, 0.4) is 0 Å². The van der Waals surface area contributed by atoms with Crippen molar-refractivity contribution in [3.05, 3.63) is 54.4 Å². The first-order valence-corrected chi connectivity index (χ1v) is 7.22. The van der Waals surface area contributed by atoms with Crippen LogP contribution in [0, 0.1) is 0 Å². The van der Waals surface area contributed by atoms with Crippen molar-refractivity contribution in [2.45, 2.75) is 13.3 Å². The fourth-order valence-corrected chi connectivity index (χ4v) is 2.07. The predicted molar refractivity (Wildman–Crippen MR) is 85.3 cm³/mol. The largest absolute Gasteiger partial charge is 0.352 e. The molecule has 22 heavy (non-hydrogen) atoms. The van der Waals surface area contributed by atoms with E-state index in [9.17, 15) is 4.79 Å². The van der Waals surface area contributed by atoms with Gasteiger partial charge in [0.15, 0.2) is 5.82 Å². The minimum Gasteiger partial charge on any atom is -0.352 e. The van der Waals surface area contributed by atoms with Crippen LogP contribution in [0.5, 0.6) is 0 Å². The first-order valence-electron chi connectivity index (χ1n) is 7.22. The number of fused-ring (bicyclic) bond motifs is 1. The molecule has 0 fully saturated rings. The molecule has 3 heterocycles. The Morgan fingerprint density at radius 1 is 1.23 bits per heavy atom. The summed E-state index contributed by atoms with van der Waals surface area (Å²) in [5.74, 6) is 1.26. The van der Waals surface area contributed by atoms with Gasteiger partial charge < -0.3 is 10.6 Å². The van der Waals surface area contributed by atoms with Crippen molar-refractivity contribution in [2.75, 3.05) is 11.9 Å². The quantitative estimate of drug-likeness (QED) is 0.759. The van der Waals surface area contributed by atoms with Crippen LogP contribution in [0.2, 0.25) is 0 Å². The topological polar surface area (TPSA) is 71.3 Å². The lowest BCUT2D eigenvalue weighted by atomic mass is 10.2. The van der Waals surface area contributed by atoms with Gasteiger partial charge in [0.25, 0.3) is 5.91 Å². The maximum absolute atomic E-state index is 11.8. The number of nitrogens with one attached hydrogen (secondary N) is 2. The van der Waals surface area contributed by atoms with Crippen LogP contribution in [0.1, 0.15) is 23.7 Å². The number of pyridine rings is 2. The summed E-state index contributed by atoms with van der Waals surface area (Å²) in [6, 6.07) is 11.3. The van der Waals surface area contributed by atoms with Crippen LogP contribution in [0.25, 0.3) is 5.52 Å². The molecule has 0 saturated carbocycles. The minimum absolute atomic E-state index is 0.103. The highest BCUT2D eigenvalue weighted by Gasteiger charge is 2.06. The molecule has 3 aromatic heterocycles. The second-order valence-electron chi connectivity index (χ2n) is 4.91. The van der Waals surface area contributed by atoms with Gasteiger partial charge in [0.1, 0.15) is 5.82 Å². The summed E-state index contributed by atoms with van der Waals surface area (Å²) in [4.78, 5) is 16.1. The molecule has 0 radical (unpaired) electrons. The van der Waals surface area contributed by atoms with Gasteiger partial charge in [0.05, 0.1) is 11.1 Å². The Bertz CT molecular complexity index is 746. The van der Waals surface area contributed by atoms with E-state index in [-0.39, 0.29) is 5.91 Å². The third kappa shape index (κ3) is 3.06. The molecule has 0 aliphatic carbocycles. The van der Waals surface area contributed by atoms with E-state index in [0.717, 1.165) is 11.9 Å². The first kappa shape index (κ1) is 14.1. The fraction of sp³-hybridized carbons (Fsp3) is 0.188. The average Bonchev–Trinajstić information content (AvgIpc) is 2.95. The summed E-state index contributed by atoms with van der Waals surface area (Å²) in [6.45, 7) is 2.68. The average molecular weight is 295 g/mol. The summed E-state index contributed by atoms with van der Waals surface area (Å²) in [5, 5.41) is 10.3. The highest BCUT2D eigenvalue weighted by atomic mass is 16.1. The fourth-order valence-electron chi connectivity index (χ4n) is 2.07. The van der Waals surface area contributed by atoms with E-state index >= 15 is 0 Å². The number of hydrogen-bond acceptors (Lipinski definition) is 4. The molecule has 0 bridgehead atoms. The van der Waals surface area contributed by atoms with Crippen LogP contribution < -0.4 is 10.6 Å². The summed E-state index contributed by atoms with van der Waals surface area (Å²) >= 11 is 0. The maximum atomic E-state index is 11.8. The van der Waals surface area contributed by atoms with Crippen LogP contribution in [-0.2, 0) is 0 Å². The molecule has 2 N–H and O–H groups in total. The molecule has 0 unspecified atom stereocenters. The second-order valence-corrected chi connectivity index (χ2v) is 4.91. The van der Waals surface area contributed by atoms with Gasteiger partial charge in [-0.2, -0.15) is 5.10 Å². The first-order chi connectivity index (χ1) is 10.8. The van der Waals surface area contributed by atoms with Crippen molar-refractivity contribution in [2.24, 2.45) is 0 Å². The predicted octanol–water partition coefficient (Wildman–Crippen LogP) is 2.61. The highest BCUT2D eigenvalue weighted by molar-refractivity contribution is 5.94. The van der Waals surface area contributed by atoms with Crippen molar-refractivity contribution in [3.8, 4) is 0 Å². The molecular weight excluding hydrogens is 278 g/mol. The summed E-state index contributed by atoms with van der Waals surface area (Å²) in [6.07, 6.45) is 4.35. The van der Waals surface area contributed by atoms with E-state index in [1.54, 1.807) is 22.8 Å². The van der Waals surface area contributed by atoms with Gasteiger partial charge in [-0.25, -0.2) is 9.50 Å². The van der Waals surface area contributed by atoms with E-state index in [1.165, 1.54) is 0 Å². The number of aromatic nitrogens is 3. The van der Waals surface area contributed by atoms with Gasteiger partial charge in [-0.15, -0.1) is 0 Å². The van der Waals surface area contributed by atoms with Gasteiger partial charge in [0.2, 0.25) is 0 Å². The third-order valence-corrected chi connectivity index (χ3v) is 3.19. The van der Waals surface area contributed by atoms with Crippen LogP contribution in [0.4, 0.5) is 11.6 Å². The molecule has 3 rings (SSSR count). The zero-order valence-corrected chi connectivity index (χ0v) is 12.3. The molecule has 112 valence electrons. The Hall–Kier alpha value is -2.89. The number of hydrogen-bond donors (Lipinski definition) is 2. The Labute approximate surface area is 128 Å². The lowest BCUT2D eigenvalue weighted by Crippen LogP contribution is -2.24. The summed E-state index contributed by atoms with van der Waals surface area (Å²) in [7, 11) is 0. The van der Waals surface area contributed by atoms with E-state index < -0.39 is 0 Å². The van der Waals surface area contributed by atoms with E-state index in [0.29, 0.717) is 23.7 Å².